The summed E-state index contributed by atoms with van der Waals surface area (Å²) in [6.45, 7) is 3.46. The Morgan fingerprint density at radius 1 is 1.40 bits per heavy atom. The van der Waals surface area contributed by atoms with Crippen LogP contribution in [0.3, 0.4) is 0 Å². The first-order valence-corrected chi connectivity index (χ1v) is 5.14. The second kappa shape index (κ2) is 4.61. The van der Waals surface area contributed by atoms with Crippen molar-refractivity contribution in [3.05, 3.63) is 36.4 Å². The Labute approximate surface area is 90.2 Å². The van der Waals surface area contributed by atoms with Gasteiger partial charge in [-0.05, 0) is 18.2 Å². The van der Waals surface area contributed by atoms with Gasteiger partial charge in [0, 0.05) is 16.3 Å². The van der Waals surface area contributed by atoms with Crippen LogP contribution in [0.5, 0.6) is 0 Å². The summed E-state index contributed by atoms with van der Waals surface area (Å²) < 4.78 is 37.7. The number of nitrogen functional groups attached to an aromatic ring is 1. The first-order chi connectivity index (χ1) is 6.95. The van der Waals surface area contributed by atoms with Gasteiger partial charge in [0.1, 0.15) is 0 Å². The van der Waals surface area contributed by atoms with E-state index < -0.39 is 11.7 Å². The van der Waals surface area contributed by atoms with E-state index in [4.69, 9.17) is 5.73 Å². The van der Waals surface area contributed by atoms with Gasteiger partial charge in [-0.3, -0.25) is 0 Å². The van der Waals surface area contributed by atoms with Crippen LogP contribution in [-0.2, 0) is 6.18 Å². The molecular weight excluding hydrogens is 223 g/mol. The minimum atomic E-state index is -4.36. The first-order valence-electron chi connectivity index (χ1n) is 4.15. The number of rotatable bonds is 3. The van der Waals surface area contributed by atoms with Gasteiger partial charge in [0.2, 0.25) is 0 Å². The molecule has 1 rings (SSSR count). The number of halogens is 3. The highest BCUT2D eigenvalue weighted by atomic mass is 32.2. The summed E-state index contributed by atoms with van der Waals surface area (Å²) in [7, 11) is 0. The molecule has 0 atom stereocenters. The fourth-order valence-electron chi connectivity index (χ4n) is 1.04. The molecule has 0 aromatic heterocycles. The molecule has 0 aliphatic carbocycles. The molecule has 1 aromatic rings. The Kier molecular flexibility index (Phi) is 3.68. The van der Waals surface area contributed by atoms with Crippen LogP contribution in [0.2, 0.25) is 0 Å². The van der Waals surface area contributed by atoms with E-state index >= 15 is 0 Å². The van der Waals surface area contributed by atoms with Gasteiger partial charge in [0.05, 0.1) is 5.56 Å². The van der Waals surface area contributed by atoms with Crippen LogP contribution in [0.25, 0.3) is 0 Å². The van der Waals surface area contributed by atoms with E-state index in [2.05, 4.69) is 6.58 Å². The molecule has 2 N–H and O–H groups in total. The molecule has 82 valence electrons. The summed E-state index contributed by atoms with van der Waals surface area (Å²) in [6.07, 6.45) is -2.81. The summed E-state index contributed by atoms with van der Waals surface area (Å²) in [4.78, 5) is 0.177. The number of anilines is 1. The van der Waals surface area contributed by atoms with Crippen molar-refractivity contribution >= 4 is 17.4 Å². The monoisotopic (exact) mass is 233 g/mol. The van der Waals surface area contributed by atoms with Crippen molar-refractivity contribution in [3.8, 4) is 0 Å². The topological polar surface area (TPSA) is 26.0 Å². The predicted molar refractivity (Wildman–Crippen MR) is 56.8 cm³/mol. The van der Waals surface area contributed by atoms with Crippen LogP contribution in [0.1, 0.15) is 5.56 Å². The van der Waals surface area contributed by atoms with Gasteiger partial charge in [-0.1, -0.05) is 6.08 Å². The third kappa shape index (κ3) is 3.20. The van der Waals surface area contributed by atoms with Crippen molar-refractivity contribution in [2.75, 3.05) is 11.5 Å². The Balaban J connectivity index is 3.09. The SMILES string of the molecule is C=CCSc1ccc(N)cc1C(F)(F)F. The lowest BCUT2D eigenvalue weighted by Gasteiger charge is -2.12. The zero-order chi connectivity index (χ0) is 11.5. The molecule has 1 nitrogen and oxygen atoms in total. The van der Waals surface area contributed by atoms with Gasteiger partial charge >= 0.3 is 6.18 Å². The van der Waals surface area contributed by atoms with Crippen LogP contribution >= 0.6 is 11.8 Å². The molecule has 0 heterocycles. The largest absolute Gasteiger partial charge is 0.417 e. The molecule has 15 heavy (non-hydrogen) atoms. The smallest absolute Gasteiger partial charge is 0.399 e. The molecule has 0 saturated heterocycles. The molecule has 0 aliphatic rings. The van der Waals surface area contributed by atoms with E-state index in [1.807, 2.05) is 0 Å². The van der Waals surface area contributed by atoms with Gasteiger partial charge in [0.15, 0.2) is 0 Å². The molecule has 0 amide bonds. The summed E-state index contributed by atoms with van der Waals surface area (Å²) >= 11 is 1.09. The first kappa shape index (κ1) is 12.0. The van der Waals surface area contributed by atoms with Gasteiger partial charge < -0.3 is 5.73 Å². The lowest BCUT2D eigenvalue weighted by molar-refractivity contribution is -0.139. The Morgan fingerprint density at radius 3 is 2.60 bits per heavy atom. The Hall–Kier alpha value is -1.10. The third-order valence-electron chi connectivity index (χ3n) is 1.67. The van der Waals surface area contributed by atoms with Crippen LogP contribution in [0, 0.1) is 0 Å². The highest BCUT2D eigenvalue weighted by Gasteiger charge is 2.33. The fourth-order valence-corrected chi connectivity index (χ4v) is 1.84. The van der Waals surface area contributed by atoms with Gasteiger partial charge in [-0.25, -0.2) is 0 Å². The lowest BCUT2D eigenvalue weighted by atomic mass is 10.2. The molecule has 0 radical (unpaired) electrons. The second-order valence-electron chi connectivity index (χ2n) is 2.85. The number of benzene rings is 1. The Morgan fingerprint density at radius 2 is 2.07 bits per heavy atom. The summed E-state index contributed by atoms with van der Waals surface area (Å²) in [5.41, 5.74) is 4.75. The van der Waals surface area contributed by atoms with Crippen molar-refractivity contribution in [2.24, 2.45) is 0 Å². The van der Waals surface area contributed by atoms with Crippen molar-refractivity contribution in [1.29, 1.82) is 0 Å². The molecule has 0 fully saturated rings. The van der Waals surface area contributed by atoms with Crippen molar-refractivity contribution < 1.29 is 13.2 Å². The molecule has 5 heteroatoms. The van der Waals surface area contributed by atoms with Crippen LogP contribution in [0.15, 0.2) is 35.7 Å². The van der Waals surface area contributed by atoms with Gasteiger partial charge in [-0.2, -0.15) is 13.2 Å². The van der Waals surface area contributed by atoms with Crippen LogP contribution in [0.4, 0.5) is 18.9 Å². The van der Waals surface area contributed by atoms with E-state index in [1.165, 1.54) is 12.1 Å². The number of hydrogen-bond donors (Lipinski definition) is 1. The highest BCUT2D eigenvalue weighted by Crippen LogP contribution is 2.37. The summed E-state index contributed by atoms with van der Waals surface area (Å²) in [5.74, 6) is 0.437. The summed E-state index contributed by atoms with van der Waals surface area (Å²) in [6, 6.07) is 3.79. The molecule has 1 aromatic carbocycles. The maximum Gasteiger partial charge on any atom is 0.417 e. The number of hydrogen-bond acceptors (Lipinski definition) is 2. The molecular formula is C10H10F3NS. The Bertz CT molecular complexity index is 360. The average molecular weight is 233 g/mol. The second-order valence-corrected chi connectivity index (χ2v) is 3.91. The lowest BCUT2D eigenvalue weighted by Crippen LogP contribution is -2.07. The molecule has 0 saturated carbocycles. The van der Waals surface area contributed by atoms with E-state index in [9.17, 15) is 13.2 Å². The van der Waals surface area contributed by atoms with Crippen molar-refractivity contribution in [2.45, 2.75) is 11.1 Å². The predicted octanol–water partition coefficient (Wildman–Crippen LogP) is 3.57. The minimum Gasteiger partial charge on any atom is -0.399 e. The van der Waals surface area contributed by atoms with Crippen molar-refractivity contribution in [1.82, 2.24) is 0 Å². The average Bonchev–Trinajstić information content (AvgIpc) is 2.14. The highest BCUT2D eigenvalue weighted by molar-refractivity contribution is 7.99. The fraction of sp³-hybridized carbons (Fsp3) is 0.200. The van der Waals surface area contributed by atoms with E-state index in [0.29, 0.717) is 5.75 Å². The summed E-state index contributed by atoms with van der Waals surface area (Å²) in [5, 5.41) is 0. The van der Waals surface area contributed by atoms with E-state index in [1.54, 1.807) is 6.08 Å². The number of thioether (sulfide) groups is 1. The molecule has 0 bridgehead atoms. The van der Waals surface area contributed by atoms with Crippen LogP contribution < -0.4 is 5.73 Å². The molecule has 0 unspecified atom stereocenters. The van der Waals surface area contributed by atoms with Gasteiger partial charge in [-0.15, -0.1) is 18.3 Å². The quantitative estimate of drug-likeness (QED) is 0.490. The van der Waals surface area contributed by atoms with Crippen molar-refractivity contribution in [3.63, 3.8) is 0 Å². The zero-order valence-electron chi connectivity index (χ0n) is 7.84. The minimum absolute atomic E-state index is 0.116. The maximum atomic E-state index is 12.6. The standard InChI is InChI=1S/C10H10F3NS/c1-2-5-15-9-4-3-7(14)6-8(9)10(11,12)13/h2-4,6H,1,5,14H2. The third-order valence-corrected chi connectivity index (χ3v) is 2.74. The zero-order valence-corrected chi connectivity index (χ0v) is 8.66. The van der Waals surface area contributed by atoms with Crippen LogP contribution in [-0.4, -0.2) is 5.75 Å². The normalized spacial score (nSPS) is 11.4. The number of nitrogens with two attached hydrogens (primary N) is 1. The molecule has 0 spiro atoms. The van der Waals surface area contributed by atoms with E-state index in [-0.39, 0.29) is 10.6 Å². The number of alkyl halides is 3. The molecule has 0 aliphatic heterocycles. The van der Waals surface area contributed by atoms with E-state index in [0.717, 1.165) is 17.8 Å². The maximum absolute atomic E-state index is 12.6. The van der Waals surface area contributed by atoms with Gasteiger partial charge in [0.25, 0.3) is 0 Å².